The molecule has 2 aliphatic rings. The predicted molar refractivity (Wildman–Crippen MR) is 101 cm³/mol. The van der Waals surface area contributed by atoms with Crippen molar-refractivity contribution in [3.05, 3.63) is 64.7 Å². The maximum Gasteiger partial charge on any atom is 0.308 e. The molecule has 0 radical (unpaired) electrons. The number of likely N-dealkylation sites (tertiary alicyclic amines) is 1. The second-order valence-corrected chi connectivity index (χ2v) is 7.61. The van der Waals surface area contributed by atoms with Crippen LogP contribution in [-0.2, 0) is 16.0 Å². The number of benzene rings is 2. The summed E-state index contributed by atoms with van der Waals surface area (Å²) in [6.07, 6.45) is 0.555. The molecule has 1 amide bonds. The molecule has 0 spiro atoms. The molecule has 27 heavy (non-hydrogen) atoms. The Morgan fingerprint density at radius 2 is 1.89 bits per heavy atom. The predicted octanol–water partition coefficient (Wildman–Crippen LogP) is 3.22. The van der Waals surface area contributed by atoms with Crippen molar-refractivity contribution in [3.8, 4) is 5.75 Å². The number of carbonyl (C=O) groups is 2. The lowest BCUT2D eigenvalue weighted by atomic mass is 9.89. The SMILES string of the molecule is O=C(O)[C@@H]1CN(C(=O)C2COc3ccc(Cl)cc3C2)C[C@@H]1c1ccccc1. The van der Waals surface area contributed by atoms with E-state index in [0.29, 0.717) is 24.6 Å². The highest BCUT2D eigenvalue weighted by molar-refractivity contribution is 6.30. The van der Waals surface area contributed by atoms with Crippen molar-refractivity contribution in [1.29, 1.82) is 0 Å². The lowest BCUT2D eigenvalue weighted by Crippen LogP contribution is -2.40. The minimum atomic E-state index is -0.865. The normalized spacial score (nSPS) is 24.2. The highest BCUT2D eigenvalue weighted by Gasteiger charge is 2.42. The number of fused-ring (bicyclic) bond motifs is 1. The molecular weight excluding hydrogens is 366 g/mol. The van der Waals surface area contributed by atoms with Crippen LogP contribution in [0.5, 0.6) is 5.75 Å². The van der Waals surface area contributed by atoms with E-state index in [1.165, 1.54) is 0 Å². The van der Waals surface area contributed by atoms with Gasteiger partial charge in [-0.25, -0.2) is 0 Å². The Balaban J connectivity index is 1.52. The van der Waals surface area contributed by atoms with Crippen LogP contribution in [0.1, 0.15) is 17.0 Å². The van der Waals surface area contributed by atoms with Gasteiger partial charge in [-0.3, -0.25) is 9.59 Å². The topological polar surface area (TPSA) is 66.8 Å². The van der Waals surface area contributed by atoms with Crippen molar-refractivity contribution in [2.75, 3.05) is 19.7 Å². The summed E-state index contributed by atoms with van der Waals surface area (Å²) in [6.45, 7) is 0.947. The molecule has 0 bridgehead atoms. The lowest BCUT2D eigenvalue weighted by molar-refractivity contribution is -0.142. The van der Waals surface area contributed by atoms with Crippen molar-refractivity contribution >= 4 is 23.5 Å². The molecule has 0 aromatic heterocycles. The van der Waals surface area contributed by atoms with Gasteiger partial charge < -0.3 is 14.7 Å². The van der Waals surface area contributed by atoms with E-state index in [1.807, 2.05) is 42.5 Å². The van der Waals surface area contributed by atoms with E-state index in [-0.39, 0.29) is 24.3 Å². The molecule has 4 rings (SSSR count). The minimum absolute atomic E-state index is 0.0506. The molecule has 0 saturated carbocycles. The Morgan fingerprint density at radius 3 is 2.63 bits per heavy atom. The summed E-state index contributed by atoms with van der Waals surface area (Å²) < 4.78 is 5.74. The summed E-state index contributed by atoms with van der Waals surface area (Å²) in [5, 5.41) is 10.3. The number of hydrogen-bond acceptors (Lipinski definition) is 3. The Hall–Kier alpha value is -2.53. The van der Waals surface area contributed by atoms with Crippen molar-refractivity contribution in [3.63, 3.8) is 0 Å². The van der Waals surface area contributed by atoms with Crippen LogP contribution >= 0.6 is 11.6 Å². The Bertz CT molecular complexity index is 870. The fraction of sp³-hybridized carbons (Fsp3) is 0.333. The van der Waals surface area contributed by atoms with Gasteiger partial charge in [0, 0.05) is 24.0 Å². The number of halogens is 1. The quantitative estimate of drug-likeness (QED) is 0.880. The third kappa shape index (κ3) is 3.52. The standard InChI is InChI=1S/C21H20ClNO4/c22-16-6-7-19-14(9-16)8-15(12-27-19)20(24)23-10-17(18(11-23)21(25)26)13-4-2-1-3-5-13/h1-7,9,15,17-18H,8,10-12H2,(H,25,26)/t15?,17-,18-/m1/s1. The molecule has 1 N–H and O–H groups in total. The van der Waals surface area contributed by atoms with E-state index in [9.17, 15) is 14.7 Å². The van der Waals surface area contributed by atoms with Crippen LogP contribution in [0.15, 0.2) is 48.5 Å². The third-order valence-corrected chi connectivity index (χ3v) is 5.69. The highest BCUT2D eigenvalue weighted by Crippen LogP contribution is 2.35. The fourth-order valence-electron chi connectivity index (χ4n) is 4.05. The first-order valence-corrected chi connectivity index (χ1v) is 9.38. The van der Waals surface area contributed by atoms with Crippen molar-refractivity contribution in [2.45, 2.75) is 12.3 Å². The van der Waals surface area contributed by atoms with Gasteiger partial charge in [0.2, 0.25) is 5.91 Å². The zero-order valence-electron chi connectivity index (χ0n) is 14.7. The van der Waals surface area contributed by atoms with E-state index < -0.39 is 11.9 Å². The van der Waals surface area contributed by atoms with Crippen molar-refractivity contribution in [2.24, 2.45) is 11.8 Å². The van der Waals surface area contributed by atoms with E-state index in [1.54, 1.807) is 11.0 Å². The van der Waals surface area contributed by atoms with Crippen molar-refractivity contribution in [1.82, 2.24) is 4.90 Å². The number of hydrogen-bond donors (Lipinski definition) is 1. The zero-order valence-corrected chi connectivity index (χ0v) is 15.4. The molecule has 3 atom stereocenters. The number of carboxylic acids is 1. The van der Waals surface area contributed by atoms with Gasteiger partial charge in [0.1, 0.15) is 12.4 Å². The summed E-state index contributed by atoms with van der Waals surface area (Å²) in [5.41, 5.74) is 1.87. The Morgan fingerprint density at radius 1 is 1.11 bits per heavy atom. The molecule has 1 saturated heterocycles. The van der Waals surface area contributed by atoms with Gasteiger partial charge in [-0.2, -0.15) is 0 Å². The summed E-state index contributed by atoms with van der Waals surface area (Å²) in [5.74, 6) is -1.27. The number of carboxylic acid groups (broad SMARTS) is 1. The summed E-state index contributed by atoms with van der Waals surface area (Å²) in [6, 6.07) is 15.0. The first-order valence-electron chi connectivity index (χ1n) is 9.00. The number of carbonyl (C=O) groups excluding carboxylic acids is 1. The van der Waals surface area contributed by atoms with Gasteiger partial charge in [0.05, 0.1) is 11.8 Å². The van der Waals surface area contributed by atoms with Gasteiger partial charge in [-0.1, -0.05) is 41.9 Å². The Kier molecular flexibility index (Phi) is 4.79. The molecule has 2 aromatic carbocycles. The highest BCUT2D eigenvalue weighted by atomic mass is 35.5. The van der Waals surface area contributed by atoms with Gasteiger partial charge in [-0.15, -0.1) is 0 Å². The van der Waals surface area contributed by atoms with Crippen LogP contribution in [0.3, 0.4) is 0 Å². The second-order valence-electron chi connectivity index (χ2n) is 7.17. The molecule has 2 aliphatic heterocycles. The summed E-state index contributed by atoms with van der Waals surface area (Å²) >= 11 is 6.06. The van der Waals surface area contributed by atoms with Gasteiger partial charge in [0.25, 0.3) is 0 Å². The lowest BCUT2D eigenvalue weighted by Gasteiger charge is -2.28. The average molecular weight is 386 g/mol. The van der Waals surface area contributed by atoms with E-state index in [0.717, 1.165) is 16.9 Å². The number of amides is 1. The molecule has 2 heterocycles. The number of nitrogens with zero attached hydrogens (tertiary/aromatic N) is 1. The molecule has 6 heteroatoms. The molecule has 0 aliphatic carbocycles. The molecular formula is C21H20ClNO4. The maximum absolute atomic E-state index is 13.1. The molecule has 1 fully saturated rings. The van der Waals surface area contributed by atoms with Crippen LogP contribution in [0.25, 0.3) is 0 Å². The number of rotatable bonds is 3. The first kappa shape index (κ1) is 17.9. The van der Waals surface area contributed by atoms with Crippen LogP contribution in [-0.4, -0.2) is 41.6 Å². The smallest absolute Gasteiger partial charge is 0.308 e. The number of aliphatic carboxylic acids is 1. The van der Waals surface area contributed by atoms with E-state index in [2.05, 4.69) is 0 Å². The van der Waals surface area contributed by atoms with Crippen LogP contribution in [0, 0.1) is 11.8 Å². The monoisotopic (exact) mass is 385 g/mol. The third-order valence-electron chi connectivity index (χ3n) is 5.45. The summed E-state index contributed by atoms with van der Waals surface area (Å²) in [4.78, 5) is 26.5. The Labute approximate surface area is 162 Å². The molecule has 2 aromatic rings. The first-order chi connectivity index (χ1) is 13.0. The summed E-state index contributed by atoms with van der Waals surface area (Å²) in [7, 11) is 0. The molecule has 1 unspecified atom stereocenters. The van der Waals surface area contributed by atoms with Crippen LogP contribution in [0.4, 0.5) is 0 Å². The second kappa shape index (κ2) is 7.24. The minimum Gasteiger partial charge on any atom is -0.492 e. The van der Waals surface area contributed by atoms with Crippen molar-refractivity contribution < 1.29 is 19.4 Å². The number of ether oxygens (including phenoxy) is 1. The maximum atomic E-state index is 13.1. The van der Waals surface area contributed by atoms with Gasteiger partial charge in [-0.05, 0) is 35.7 Å². The molecule has 5 nitrogen and oxygen atoms in total. The zero-order chi connectivity index (χ0) is 19.0. The van der Waals surface area contributed by atoms with Gasteiger partial charge >= 0.3 is 5.97 Å². The fourth-order valence-corrected chi connectivity index (χ4v) is 4.25. The van der Waals surface area contributed by atoms with Crippen LogP contribution in [0.2, 0.25) is 5.02 Å². The van der Waals surface area contributed by atoms with E-state index in [4.69, 9.17) is 16.3 Å². The van der Waals surface area contributed by atoms with E-state index >= 15 is 0 Å². The van der Waals surface area contributed by atoms with Gasteiger partial charge in [0.15, 0.2) is 0 Å². The average Bonchev–Trinajstić information content (AvgIpc) is 3.13. The largest absolute Gasteiger partial charge is 0.492 e. The van der Waals surface area contributed by atoms with Crippen LogP contribution < -0.4 is 4.74 Å². The molecule has 140 valence electrons.